The molecule has 0 saturated carbocycles. The summed E-state index contributed by atoms with van der Waals surface area (Å²) in [5.41, 5.74) is 4.28. The van der Waals surface area contributed by atoms with Crippen LogP contribution in [0.2, 0.25) is 0 Å². The number of aromatic hydroxyl groups is 1. The van der Waals surface area contributed by atoms with Gasteiger partial charge >= 0.3 is 0 Å². The molecule has 29 heavy (non-hydrogen) atoms. The van der Waals surface area contributed by atoms with Gasteiger partial charge in [-0.3, -0.25) is 0 Å². The first kappa shape index (κ1) is 26.1. The van der Waals surface area contributed by atoms with Crippen LogP contribution in [0.5, 0.6) is 5.75 Å². The van der Waals surface area contributed by atoms with Gasteiger partial charge in [0.05, 0.1) is 0 Å². The molecule has 1 aromatic rings. The zero-order chi connectivity index (χ0) is 21.2. The SMILES string of the molecule is CCCCCCCCCc1c(O)ccc(CCCC)c1CCCCCCCCC. The van der Waals surface area contributed by atoms with E-state index in [2.05, 4.69) is 26.8 Å². The van der Waals surface area contributed by atoms with Gasteiger partial charge in [0.2, 0.25) is 0 Å². The highest BCUT2D eigenvalue weighted by Crippen LogP contribution is 2.29. The topological polar surface area (TPSA) is 20.2 Å². The molecule has 0 aliphatic rings. The second-order valence-corrected chi connectivity index (χ2v) is 9.05. The van der Waals surface area contributed by atoms with E-state index in [9.17, 15) is 5.11 Å². The molecule has 0 aromatic heterocycles. The highest BCUT2D eigenvalue weighted by molar-refractivity contribution is 5.45. The highest BCUT2D eigenvalue weighted by atomic mass is 16.3. The van der Waals surface area contributed by atoms with Crippen molar-refractivity contribution in [1.82, 2.24) is 0 Å². The first-order valence-corrected chi connectivity index (χ1v) is 13.1. The summed E-state index contributed by atoms with van der Waals surface area (Å²) in [5.74, 6) is 0.550. The van der Waals surface area contributed by atoms with Crippen molar-refractivity contribution in [2.75, 3.05) is 0 Å². The molecular formula is C28H50O. The summed E-state index contributed by atoms with van der Waals surface area (Å²) in [6, 6.07) is 4.17. The van der Waals surface area contributed by atoms with Crippen molar-refractivity contribution in [2.24, 2.45) is 0 Å². The van der Waals surface area contributed by atoms with Crippen molar-refractivity contribution in [2.45, 2.75) is 143 Å². The number of phenols is 1. The Kier molecular flexibility index (Phi) is 16.0. The van der Waals surface area contributed by atoms with E-state index >= 15 is 0 Å². The van der Waals surface area contributed by atoms with Gasteiger partial charge in [-0.05, 0) is 61.3 Å². The van der Waals surface area contributed by atoms with Crippen LogP contribution in [0.3, 0.4) is 0 Å². The number of unbranched alkanes of at least 4 members (excludes halogenated alkanes) is 13. The lowest BCUT2D eigenvalue weighted by molar-refractivity contribution is 0.463. The Morgan fingerprint density at radius 3 is 1.45 bits per heavy atom. The molecule has 0 amide bonds. The molecule has 168 valence electrons. The van der Waals surface area contributed by atoms with Gasteiger partial charge in [-0.2, -0.15) is 0 Å². The maximum Gasteiger partial charge on any atom is 0.119 e. The van der Waals surface area contributed by atoms with Gasteiger partial charge in [0, 0.05) is 0 Å². The number of benzene rings is 1. The van der Waals surface area contributed by atoms with E-state index in [1.54, 1.807) is 0 Å². The molecule has 0 atom stereocenters. The van der Waals surface area contributed by atoms with E-state index in [1.807, 2.05) is 6.07 Å². The number of hydrogen-bond donors (Lipinski definition) is 1. The quantitative estimate of drug-likeness (QED) is 0.228. The average molecular weight is 403 g/mol. The summed E-state index contributed by atoms with van der Waals surface area (Å²) < 4.78 is 0. The van der Waals surface area contributed by atoms with Crippen LogP contribution < -0.4 is 0 Å². The van der Waals surface area contributed by atoms with Crippen molar-refractivity contribution >= 4 is 0 Å². The normalized spacial score (nSPS) is 11.3. The van der Waals surface area contributed by atoms with Gasteiger partial charge in [-0.25, -0.2) is 0 Å². The van der Waals surface area contributed by atoms with E-state index in [1.165, 1.54) is 126 Å². The molecule has 0 bridgehead atoms. The maximum atomic E-state index is 10.6. The molecule has 1 nitrogen and oxygen atoms in total. The summed E-state index contributed by atoms with van der Waals surface area (Å²) in [7, 11) is 0. The van der Waals surface area contributed by atoms with Crippen LogP contribution in [-0.4, -0.2) is 5.11 Å². The Labute approximate surface area is 182 Å². The van der Waals surface area contributed by atoms with Gasteiger partial charge in [0.25, 0.3) is 0 Å². The molecule has 0 unspecified atom stereocenters. The van der Waals surface area contributed by atoms with Gasteiger partial charge < -0.3 is 5.11 Å². The molecule has 1 rings (SSSR count). The van der Waals surface area contributed by atoms with Crippen molar-refractivity contribution in [1.29, 1.82) is 0 Å². The Balaban J connectivity index is 2.59. The van der Waals surface area contributed by atoms with E-state index in [-0.39, 0.29) is 0 Å². The molecule has 0 radical (unpaired) electrons. The Morgan fingerprint density at radius 2 is 0.931 bits per heavy atom. The van der Waals surface area contributed by atoms with Crippen molar-refractivity contribution < 1.29 is 5.11 Å². The van der Waals surface area contributed by atoms with Crippen molar-refractivity contribution in [3.8, 4) is 5.75 Å². The molecule has 1 N–H and O–H groups in total. The van der Waals surface area contributed by atoms with Crippen LogP contribution in [0.15, 0.2) is 12.1 Å². The van der Waals surface area contributed by atoms with E-state index in [0.29, 0.717) is 5.75 Å². The summed E-state index contributed by atoms with van der Waals surface area (Å²) in [6.07, 6.45) is 24.7. The second-order valence-electron chi connectivity index (χ2n) is 9.05. The van der Waals surface area contributed by atoms with Crippen LogP contribution >= 0.6 is 0 Å². The van der Waals surface area contributed by atoms with Crippen LogP contribution in [0.4, 0.5) is 0 Å². The van der Waals surface area contributed by atoms with E-state index < -0.39 is 0 Å². The summed E-state index contributed by atoms with van der Waals surface area (Å²) in [4.78, 5) is 0. The van der Waals surface area contributed by atoms with Crippen LogP contribution in [0.25, 0.3) is 0 Å². The fourth-order valence-electron chi connectivity index (χ4n) is 4.44. The molecule has 0 saturated heterocycles. The fraction of sp³-hybridized carbons (Fsp3) is 0.786. The molecule has 0 aliphatic heterocycles. The standard InChI is InChI=1S/C28H50O/c1-4-7-10-12-14-16-18-21-26-25(20-9-6-3)23-24-28(29)27(26)22-19-17-15-13-11-8-5-2/h23-24,29H,4-22H2,1-3H3. The molecule has 0 spiro atoms. The minimum absolute atomic E-state index is 0.550. The minimum Gasteiger partial charge on any atom is -0.508 e. The minimum atomic E-state index is 0.550. The highest BCUT2D eigenvalue weighted by Gasteiger charge is 2.13. The Bertz CT molecular complexity index is 505. The number of rotatable bonds is 19. The van der Waals surface area contributed by atoms with Gasteiger partial charge in [0.1, 0.15) is 5.75 Å². The smallest absolute Gasteiger partial charge is 0.119 e. The summed E-state index contributed by atoms with van der Waals surface area (Å²) in [5, 5.41) is 10.6. The van der Waals surface area contributed by atoms with Crippen LogP contribution in [-0.2, 0) is 19.3 Å². The predicted molar refractivity (Wildman–Crippen MR) is 130 cm³/mol. The van der Waals surface area contributed by atoms with Crippen molar-refractivity contribution in [3.63, 3.8) is 0 Å². The Morgan fingerprint density at radius 1 is 0.483 bits per heavy atom. The third-order valence-corrected chi connectivity index (χ3v) is 6.36. The number of aryl methyl sites for hydroxylation is 1. The molecule has 0 fully saturated rings. The third-order valence-electron chi connectivity index (χ3n) is 6.36. The third kappa shape index (κ3) is 11.7. The predicted octanol–water partition coefficient (Wildman–Crippen LogP) is 9.32. The van der Waals surface area contributed by atoms with Crippen LogP contribution in [0, 0.1) is 0 Å². The zero-order valence-electron chi connectivity index (χ0n) is 20.0. The number of hydrogen-bond acceptors (Lipinski definition) is 1. The number of phenolic OH excluding ortho intramolecular Hbond substituents is 1. The zero-order valence-corrected chi connectivity index (χ0v) is 20.0. The molecular weight excluding hydrogens is 352 g/mol. The molecule has 0 heterocycles. The first-order valence-electron chi connectivity index (χ1n) is 13.1. The van der Waals surface area contributed by atoms with E-state index in [4.69, 9.17) is 0 Å². The maximum absolute atomic E-state index is 10.6. The van der Waals surface area contributed by atoms with Crippen LogP contribution in [0.1, 0.15) is 140 Å². The lowest BCUT2D eigenvalue weighted by Crippen LogP contribution is -2.02. The Hall–Kier alpha value is -0.980. The van der Waals surface area contributed by atoms with Crippen molar-refractivity contribution in [3.05, 3.63) is 28.8 Å². The summed E-state index contributed by atoms with van der Waals surface area (Å²) in [6.45, 7) is 6.84. The lowest BCUT2D eigenvalue weighted by Gasteiger charge is -2.17. The van der Waals surface area contributed by atoms with Gasteiger partial charge in [-0.15, -0.1) is 0 Å². The largest absolute Gasteiger partial charge is 0.508 e. The van der Waals surface area contributed by atoms with Gasteiger partial charge in [0.15, 0.2) is 0 Å². The van der Waals surface area contributed by atoms with E-state index in [0.717, 1.165) is 12.8 Å². The fourth-order valence-corrected chi connectivity index (χ4v) is 4.44. The first-order chi connectivity index (χ1) is 14.2. The molecule has 1 heteroatoms. The summed E-state index contributed by atoms with van der Waals surface area (Å²) >= 11 is 0. The lowest BCUT2D eigenvalue weighted by atomic mass is 9.89. The second kappa shape index (κ2) is 17.8. The molecule has 1 aromatic carbocycles. The average Bonchev–Trinajstić information content (AvgIpc) is 2.73. The molecule has 0 aliphatic carbocycles. The van der Waals surface area contributed by atoms with Gasteiger partial charge in [-0.1, -0.05) is 110 Å². The monoisotopic (exact) mass is 402 g/mol.